The second-order valence-corrected chi connectivity index (χ2v) is 8.03. The monoisotopic (exact) mass is 429 g/mol. The molecule has 2 N–H and O–H groups in total. The molecule has 2 aromatic heterocycles. The fourth-order valence-corrected chi connectivity index (χ4v) is 3.75. The number of hydrogen-bond donors (Lipinski definition) is 2. The van der Waals surface area contributed by atoms with E-state index in [1.165, 1.54) is 6.33 Å². The average Bonchev–Trinajstić information content (AvgIpc) is 3.66. The highest BCUT2D eigenvalue weighted by atomic mass is 16.2. The number of benzene rings is 1. The van der Waals surface area contributed by atoms with Gasteiger partial charge in [-0.3, -0.25) is 9.59 Å². The van der Waals surface area contributed by atoms with E-state index in [0.717, 1.165) is 37.1 Å². The SMILES string of the molecule is O=C(Nc1cccc(N2CCCCC2=O)c1)c1nc(C2CC2)cnc1Nc1cncnc1. The van der Waals surface area contributed by atoms with Crippen molar-refractivity contribution in [3.05, 3.63) is 60.6 Å². The van der Waals surface area contributed by atoms with E-state index in [2.05, 4.69) is 30.6 Å². The summed E-state index contributed by atoms with van der Waals surface area (Å²) in [5.41, 5.74) is 3.01. The molecule has 5 rings (SSSR count). The van der Waals surface area contributed by atoms with Crippen molar-refractivity contribution in [2.45, 2.75) is 38.0 Å². The number of hydrogen-bond acceptors (Lipinski definition) is 7. The van der Waals surface area contributed by atoms with E-state index in [4.69, 9.17) is 0 Å². The first-order chi connectivity index (χ1) is 15.7. The Morgan fingerprint density at radius 3 is 2.69 bits per heavy atom. The third kappa shape index (κ3) is 4.41. The number of nitrogens with one attached hydrogen (secondary N) is 2. The Morgan fingerprint density at radius 1 is 1.06 bits per heavy atom. The van der Waals surface area contributed by atoms with Crippen LogP contribution in [0.3, 0.4) is 0 Å². The summed E-state index contributed by atoms with van der Waals surface area (Å²) in [5.74, 6) is 0.432. The van der Waals surface area contributed by atoms with E-state index in [1.807, 2.05) is 18.2 Å². The van der Waals surface area contributed by atoms with Crippen LogP contribution in [0.5, 0.6) is 0 Å². The second kappa shape index (κ2) is 8.70. The largest absolute Gasteiger partial charge is 0.336 e. The van der Waals surface area contributed by atoms with Gasteiger partial charge in [-0.05, 0) is 43.9 Å². The smallest absolute Gasteiger partial charge is 0.278 e. The molecule has 32 heavy (non-hydrogen) atoms. The molecule has 0 spiro atoms. The van der Waals surface area contributed by atoms with E-state index in [9.17, 15) is 9.59 Å². The first-order valence-corrected chi connectivity index (χ1v) is 10.8. The molecule has 2 amide bonds. The number of piperidine rings is 1. The van der Waals surface area contributed by atoms with Gasteiger partial charge in [0, 0.05) is 30.3 Å². The number of carbonyl (C=O) groups is 2. The molecule has 9 heteroatoms. The summed E-state index contributed by atoms with van der Waals surface area (Å²) in [4.78, 5) is 44.3. The minimum Gasteiger partial charge on any atom is -0.336 e. The van der Waals surface area contributed by atoms with Gasteiger partial charge in [-0.1, -0.05) is 6.07 Å². The van der Waals surface area contributed by atoms with Crippen molar-refractivity contribution in [2.75, 3.05) is 22.1 Å². The van der Waals surface area contributed by atoms with E-state index in [0.29, 0.717) is 36.1 Å². The lowest BCUT2D eigenvalue weighted by molar-refractivity contribution is -0.119. The number of rotatable bonds is 6. The highest BCUT2D eigenvalue weighted by Crippen LogP contribution is 2.39. The topological polar surface area (TPSA) is 113 Å². The van der Waals surface area contributed by atoms with Crippen molar-refractivity contribution < 1.29 is 9.59 Å². The van der Waals surface area contributed by atoms with Crippen molar-refractivity contribution >= 4 is 34.7 Å². The van der Waals surface area contributed by atoms with Gasteiger partial charge in [0.1, 0.15) is 6.33 Å². The van der Waals surface area contributed by atoms with Crippen molar-refractivity contribution in [1.29, 1.82) is 0 Å². The molecule has 3 aromatic rings. The van der Waals surface area contributed by atoms with Crippen molar-refractivity contribution in [3.8, 4) is 0 Å². The molecule has 1 saturated carbocycles. The van der Waals surface area contributed by atoms with Crippen molar-refractivity contribution in [2.24, 2.45) is 0 Å². The summed E-state index contributed by atoms with van der Waals surface area (Å²) in [6, 6.07) is 7.33. The Morgan fingerprint density at radius 2 is 1.91 bits per heavy atom. The number of carbonyl (C=O) groups excluding carboxylic acids is 2. The lowest BCUT2D eigenvalue weighted by Gasteiger charge is -2.27. The number of aromatic nitrogens is 4. The standard InChI is InChI=1S/C23H23N7O2/c31-20-6-1-2-9-30(20)18-5-3-4-16(10-18)28-23(32)21-22(27-17-11-24-14-25-12-17)26-13-19(29-21)15-7-8-15/h3-5,10-15H,1-2,6-9H2,(H,26,27)(H,28,32). The Balaban J connectivity index is 1.40. The Labute approximate surface area is 185 Å². The van der Waals surface area contributed by atoms with Gasteiger partial charge in [-0.2, -0.15) is 0 Å². The van der Waals surface area contributed by atoms with Gasteiger partial charge in [0.25, 0.3) is 5.91 Å². The van der Waals surface area contributed by atoms with E-state index >= 15 is 0 Å². The van der Waals surface area contributed by atoms with Crippen LogP contribution in [0.15, 0.2) is 49.2 Å². The van der Waals surface area contributed by atoms with Gasteiger partial charge in [-0.15, -0.1) is 0 Å². The van der Waals surface area contributed by atoms with Crippen LogP contribution in [0.25, 0.3) is 0 Å². The lowest BCUT2D eigenvalue weighted by atomic mass is 10.1. The first kappa shape index (κ1) is 20.0. The van der Waals surface area contributed by atoms with Gasteiger partial charge in [-0.25, -0.2) is 19.9 Å². The van der Waals surface area contributed by atoms with E-state index in [1.54, 1.807) is 29.6 Å². The molecule has 1 aromatic carbocycles. The van der Waals surface area contributed by atoms with Gasteiger partial charge >= 0.3 is 0 Å². The molecule has 3 heterocycles. The predicted molar refractivity (Wildman–Crippen MR) is 120 cm³/mol. The normalized spacial score (nSPS) is 16.0. The highest BCUT2D eigenvalue weighted by molar-refractivity contribution is 6.06. The molecule has 2 aliphatic rings. The van der Waals surface area contributed by atoms with Crippen molar-refractivity contribution in [3.63, 3.8) is 0 Å². The third-order valence-electron chi connectivity index (χ3n) is 5.56. The molecule has 1 aliphatic heterocycles. The maximum absolute atomic E-state index is 13.2. The third-order valence-corrected chi connectivity index (χ3v) is 5.56. The van der Waals surface area contributed by atoms with Crippen LogP contribution >= 0.6 is 0 Å². The zero-order valence-electron chi connectivity index (χ0n) is 17.5. The summed E-state index contributed by atoms with van der Waals surface area (Å²) in [7, 11) is 0. The summed E-state index contributed by atoms with van der Waals surface area (Å²) in [5, 5.41) is 6.00. The van der Waals surface area contributed by atoms with Gasteiger partial charge in [0.2, 0.25) is 5.91 Å². The van der Waals surface area contributed by atoms with Crippen LogP contribution in [0.2, 0.25) is 0 Å². The number of anilines is 4. The summed E-state index contributed by atoms with van der Waals surface area (Å²) in [6.45, 7) is 0.693. The Hall–Kier alpha value is -3.88. The van der Waals surface area contributed by atoms with Crippen LogP contribution in [-0.4, -0.2) is 38.3 Å². The molecule has 162 valence electrons. The fraction of sp³-hybridized carbons (Fsp3) is 0.304. The van der Waals surface area contributed by atoms with E-state index in [-0.39, 0.29) is 17.5 Å². The zero-order chi connectivity index (χ0) is 21.9. The molecule has 1 aliphatic carbocycles. The van der Waals surface area contributed by atoms with Gasteiger partial charge in [0.05, 0.1) is 30.0 Å². The molecule has 0 radical (unpaired) electrons. The molecular formula is C23H23N7O2. The fourth-order valence-electron chi connectivity index (χ4n) is 3.75. The summed E-state index contributed by atoms with van der Waals surface area (Å²) < 4.78 is 0. The van der Waals surface area contributed by atoms with Crippen LogP contribution in [0.1, 0.15) is 54.2 Å². The Kier molecular flexibility index (Phi) is 5.45. The highest BCUT2D eigenvalue weighted by Gasteiger charge is 2.28. The Bertz CT molecular complexity index is 1150. The molecule has 9 nitrogen and oxygen atoms in total. The molecule has 0 atom stereocenters. The minimum atomic E-state index is -0.374. The summed E-state index contributed by atoms with van der Waals surface area (Å²) >= 11 is 0. The molecule has 2 fully saturated rings. The van der Waals surface area contributed by atoms with Gasteiger partial charge in [0.15, 0.2) is 11.5 Å². The molecule has 0 bridgehead atoms. The van der Waals surface area contributed by atoms with Crippen LogP contribution in [-0.2, 0) is 4.79 Å². The zero-order valence-corrected chi connectivity index (χ0v) is 17.5. The average molecular weight is 429 g/mol. The first-order valence-electron chi connectivity index (χ1n) is 10.8. The number of nitrogens with zero attached hydrogens (tertiary/aromatic N) is 5. The lowest BCUT2D eigenvalue weighted by Crippen LogP contribution is -2.35. The van der Waals surface area contributed by atoms with Crippen LogP contribution in [0, 0.1) is 0 Å². The number of amides is 2. The maximum atomic E-state index is 13.2. The molecule has 0 unspecified atom stereocenters. The van der Waals surface area contributed by atoms with Crippen molar-refractivity contribution in [1.82, 2.24) is 19.9 Å². The molecular weight excluding hydrogens is 406 g/mol. The van der Waals surface area contributed by atoms with Crippen LogP contribution < -0.4 is 15.5 Å². The van der Waals surface area contributed by atoms with Gasteiger partial charge < -0.3 is 15.5 Å². The molecule has 1 saturated heterocycles. The second-order valence-electron chi connectivity index (χ2n) is 8.03. The van der Waals surface area contributed by atoms with Crippen LogP contribution in [0.4, 0.5) is 22.9 Å². The van der Waals surface area contributed by atoms with E-state index < -0.39 is 0 Å². The predicted octanol–water partition coefficient (Wildman–Crippen LogP) is 3.66. The summed E-state index contributed by atoms with van der Waals surface area (Å²) in [6.07, 6.45) is 10.9. The maximum Gasteiger partial charge on any atom is 0.278 e. The quantitative estimate of drug-likeness (QED) is 0.615. The minimum absolute atomic E-state index is 0.110.